The number of nitrogens with one attached hydrogen (secondary N) is 1. The Bertz CT molecular complexity index is 461. The van der Waals surface area contributed by atoms with Crippen LogP contribution in [0.4, 0.5) is 0 Å². The van der Waals surface area contributed by atoms with Crippen molar-refractivity contribution in [1.29, 1.82) is 0 Å². The number of hydrogen-bond donors (Lipinski definition) is 1. The number of amides is 1. The number of aromatic nitrogens is 1. The van der Waals surface area contributed by atoms with Gasteiger partial charge in [-0.2, -0.15) is 0 Å². The van der Waals surface area contributed by atoms with Crippen molar-refractivity contribution < 1.29 is 14.3 Å². The summed E-state index contributed by atoms with van der Waals surface area (Å²) < 4.78 is 4.63. The lowest BCUT2D eigenvalue weighted by molar-refractivity contribution is -0.142. The highest BCUT2D eigenvalue weighted by Gasteiger charge is 2.28. The summed E-state index contributed by atoms with van der Waals surface area (Å²) in [5, 5.41) is 3.26. The molecule has 104 valence electrons. The molecule has 1 aromatic heterocycles. The predicted octanol–water partition coefficient (Wildman–Crippen LogP) is 2.20. The zero-order chi connectivity index (χ0) is 14.5. The Balaban J connectivity index is 2.77. The van der Waals surface area contributed by atoms with Gasteiger partial charge < -0.3 is 10.1 Å². The monoisotopic (exact) mass is 284 g/mol. The van der Waals surface area contributed by atoms with Crippen LogP contribution in [0.1, 0.15) is 37.2 Å². The lowest BCUT2D eigenvalue weighted by atomic mass is 9.94. The van der Waals surface area contributed by atoms with Crippen LogP contribution in [0.15, 0.2) is 18.3 Å². The van der Waals surface area contributed by atoms with Crippen molar-refractivity contribution in [3.8, 4) is 0 Å². The van der Waals surface area contributed by atoms with Gasteiger partial charge in [-0.1, -0.05) is 18.5 Å². The molecule has 1 N–H and O–H groups in total. The Morgan fingerprint density at radius 2 is 2.16 bits per heavy atom. The average Bonchev–Trinajstić information content (AvgIpc) is 2.39. The van der Waals surface area contributed by atoms with E-state index in [-0.39, 0.29) is 24.0 Å². The normalized spacial score (nSPS) is 13.5. The van der Waals surface area contributed by atoms with Crippen molar-refractivity contribution in [2.45, 2.75) is 32.2 Å². The molecular formula is C13H17ClN2O3. The average molecular weight is 285 g/mol. The summed E-state index contributed by atoms with van der Waals surface area (Å²) in [7, 11) is 1.32. The predicted molar refractivity (Wildman–Crippen MR) is 72.0 cm³/mol. The minimum atomic E-state index is -0.661. The van der Waals surface area contributed by atoms with E-state index in [1.165, 1.54) is 19.4 Å². The number of nitrogens with zero attached hydrogens (tertiary/aromatic N) is 1. The van der Waals surface area contributed by atoms with Gasteiger partial charge in [0.25, 0.3) is 5.91 Å². The Kier molecular flexibility index (Phi) is 5.30. The van der Waals surface area contributed by atoms with Gasteiger partial charge in [0.05, 0.1) is 18.6 Å². The first-order chi connectivity index (χ1) is 8.90. The van der Waals surface area contributed by atoms with Gasteiger partial charge in [-0.3, -0.25) is 9.59 Å². The van der Waals surface area contributed by atoms with Crippen molar-refractivity contribution in [3.63, 3.8) is 0 Å². The number of pyridine rings is 1. The Morgan fingerprint density at radius 1 is 1.47 bits per heavy atom. The highest BCUT2D eigenvalue weighted by Crippen LogP contribution is 2.16. The highest BCUT2D eigenvalue weighted by atomic mass is 35.5. The third kappa shape index (κ3) is 4.52. The second-order valence-electron chi connectivity index (χ2n) is 4.48. The van der Waals surface area contributed by atoms with E-state index in [4.69, 9.17) is 11.6 Å². The minimum absolute atomic E-state index is 0.110. The van der Waals surface area contributed by atoms with Crippen molar-refractivity contribution in [1.82, 2.24) is 10.3 Å². The van der Waals surface area contributed by atoms with E-state index >= 15 is 0 Å². The van der Waals surface area contributed by atoms with E-state index in [0.29, 0.717) is 11.4 Å². The lowest BCUT2D eigenvalue weighted by Gasteiger charge is -2.28. The number of esters is 1. The van der Waals surface area contributed by atoms with Crippen LogP contribution < -0.4 is 5.32 Å². The maximum atomic E-state index is 12.0. The zero-order valence-electron chi connectivity index (χ0n) is 11.2. The Labute approximate surface area is 117 Å². The number of halogens is 1. The molecule has 0 aliphatic carbocycles. The summed E-state index contributed by atoms with van der Waals surface area (Å²) in [6.45, 7) is 3.68. The topological polar surface area (TPSA) is 68.3 Å². The first kappa shape index (κ1) is 15.4. The first-order valence-electron chi connectivity index (χ1n) is 5.91. The summed E-state index contributed by atoms with van der Waals surface area (Å²) in [4.78, 5) is 27.3. The Morgan fingerprint density at radius 3 is 2.63 bits per heavy atom. The molecule has 1 heterocycles. The molecule has 0 fully saturated rings. The van der Waals surface area contributed by atoms with Crippen molar-refractivity contribution >= 4 is 23.5 Å². The van der Waals surface area contributed by atoms with Gasteiger partial charge in [-0.15, -0.1) is 0 Å². The number of carbonyl (C=O) groups is 2. The molecule has 0 aliphatic rings. The molecular weight excluding hydrogens is 268 g/mol. The molecule has 0 saturated carbocycles. The van der Waals surface area contributed by atoms with Gasteiger partial charge >= 0.3 is 5.97 Å². The summed E-state index contributed by atoms with van der Waals surface area (Å²) in [6, 6.07) is 3.12. The lowest BCUT2D eigenvalue weighted by Crippen LogP contribution is -2.47. The third-order valence-corrected chi connectivity index (χ3v) is 3.14. The van der Waals surface area contributed by atoms with Gasteiger partial charge in [-0.25, -0.2) is 4.98 Å². The van der Waals surface area contributed by atoms with Crippen LogP contribution in [0.2, 0.25) is 5.02 Å². The van der Waals surface area contributed by atoms with Crippen LogP contribution in [-0.4, -0.2) is 29.5 Å². The van der Waals surface area contributed by atoms with E-state index in [1.54, 1.807) is 13.0 Å². The van der Waals surface area contributed by atoms with Crippen LogP contribution in [0, 0.1) is 0 Å². The van der Waals surface area contributed by atoms with Gasteiger partial charge in [0, 0.05) is 11.7 Å². The number of ether oxygens (including phenoxy) is 1. The fourth-order valence-electron chi connectivity index (χ4n) is 1.50. The first-order valence-corrected chi connectivity index (χ1v) is 6.29. The van der Waals surface area contributed by atoms with E-state index in [1.807, 2.05) is 6.92 Å². The quantitative estimate of drug-likeness (QED) is 0.842. The summed E-state index contributed by atoms with van der Waals surface area (Å²) in [5.41, 5.74) is -0.403. The molecule has 1 rings (SSSR count). The maximum Gasteiger partial charge on any atom is 0.307 e. The van der Waals surface area contributed by atoms with E-state index < -0.39 is 5.54 Å². The summed E-state index contributed by atoms with van der Waals surface area (Å²) >= 11 is 5.71. The molecule has 0 radical (unpaired) electrons. The molecule has 0 aliphatic heterocycles. The maximum absolute atomic E-state index is 12.0. The van der Waals surface area contributed by atoms with E-state index in [2.05, 4.69) is 15.0 Å². The molecule has 0 bridgehead atoms. The molecule has 1 unspecified atom stereocenters. The van der Waals surface area contributed by atoms with Crippen LogP contribution in [0.5, 0.6) is 0 Å². The molecule has 19 heavy (non-hydrogen) atoms. The summed E-state index contributed by atoms with van der Waals surface area (Å²) in [6.07, 6.45) is 2.11. The highest BCUT2D eigenvalue weighted by molar-refractivity contribution is 6.30. The van der Waals surface area contributed by atoms with Crippen LogP contribution >= 0.6 is 11.6 Å². The second-order valence-corrected chi connectivity index (χ2v) is 4.92. The zero-order valence-corrected chi connectivity index (χ0v) is 12.0. The molecule has 5 nitrogen and oxygen atoms in total. The fraction of sp³-hybridized carbons (Fsp3) is 0.462. The Hall–Kier alpha value is -1.62. The molecule has 0 saturated heterocycles. The van der Waals surface area contributed by atoms with Gasteiger partial charge in [0.15, 0.2) is 0 Å². The number of methoxy groups -OCH3 is 1. The molecule has 1 amide bonds. The van der Waals surface area contributed by atoms with Gasteiger partial charge in [-0.05, 0) is 25.5 Å². The second kappa shape index (κ2) is 6.52. The van der Waals surface area contributed by atoms with E-state index in [9.17, 15) is 9.59 Å². The van der Waals surface area contributed by atoms with Crippen molar-refractivity contribution in [3.05, 3.63) is 29.0 Å². The minimum Gasteiger partial charge on any atom is -0.469 e. The SMILES string of the molecule is CCC(C)(CC(=O)OC)NC(=O)c1ccc(Cl)cn1. The smallest absolute Gasteiger partial charge is 0.307 e. The fourth-order valence-corrected chi connectivity index (χ4v) is 1.61. The standard InChI is InChI=1S/C13H17ClN2O3/c1-4-13(2,7-11(17)19-3)16-12(18)10-6-5-9(14)8-15-10/h5-6,8H,4,7H2,1-3H3,(H,16,18). The number of rotatable bonds is 5. The van der Waals surface area contributed by atoms with Gasteiger partial charge in [0.2, 0.25) is 0 Å². The van der Waals surface area contributed by atoms with Crippen molar-refractivity contribution in [2.75, 3.05) is 7.11 Å². The molecule has 0 aromatic carbocycles. The molecule has 1 aromatic rings. The molecule has 1 atom stereocenters. The largest absolute Gasteiger partial charge is 0.469 e. The van der Waals surface area contributed by atoms with Crippen LogP contribution in [0.25, 0.3) is 0 Å². The van der Waals surface area contributed by atoms with Crippen LogP contribution in [0.3, 0.4) is 0 Å². The number of carbonyl (C=O) groups excluding carboxylic acids is 2. The van der Waals surface area contributed by atoms with E-state index in [0.717, 1.165) is 0 Å². The third-order valence-electron chi connectivity index (χ3n) is 2.92. The molecule has 6 heteroatoms. The molecule has 0 spiro atoms. The summed E-state index contributed by atoms with van der Waals surface area (Å²) in [5.74, 6) is -0.710. The number of hydrogen-bond acceptors (Lipinski definition) is 4. The van der Waals surface area contributed by atoms with Crippen molar-refractivity contribution in [2.24, 2.45) is 0 Å². The van der Waals surface area contributed by atoms with Gasteiger partial charge in [0.1, 0.15) is 5.69 Å². The van der Waals surface area contributed by atoms with Crippen LogP contribution in [-0.2, 0) is 9.53 Å².